The molecule has 0 radical (unpaired) electrons. The molecule has 3 heterocycles. The number of ether oxygens (including phenoxy) is 3. The van der Waals surface area contributed by atoms with E-state index in [0.29, 0.717) is 43.5 Å². The zero-order valence-corrected chi connectivity index (χ0v) is 28.4. The van der Waals surface area contributed by atoms with Gasteiger partial charge in [-0.25, -0.2) is 9.67 Å². The Morgan fingerprint density at radius 3 is 2.58 bits per heavy atom. The molecule has 1 aromatic carbocycles. The van der Waals surface area contributed by atoms with Gasteiger partial charge in [0.05, 0.1) is 36.9 Å². The Morgan fingerprint density at radius 2 is 1.91 bits per heavy atom. The molecule has 1 saturated heterocycles. The van der Waals surface area contributed by atoms with Crippen molar-refractivity contribution in [2.75, 3.05) is 26.1 Å². The van der Waals surface area contributed by atoms with E-state index >= 15 is 0 Å². The van der Waals surface area contributed by atoms with E-state index in [-0.39, 0.29) is 17.4 Å². The average Bonchev–Trinajstić information content (AvgIpc) is 3.29. The molecule has 0 aliphatic carbocycles. The van der Waals surface area contributed by atoms with Crippen LogP contribution >= 0.6 is 0 Å². The van der Waals surface area contributed by atoms with Gasteiger partial charge >= 0.3 is 0 Å². The number of hydrogen-bond acceptors (Lipinski definition) is 10. The predicted molar refractivity (Wildman–Crippen MR) is 168 cm³/mol. The summed E-state index contributed by atoms with van der Waals surface area (Å²) in [6, 6.07) is 6.13. The molecule has 2 aromatic heterocycles. The Labute approximate surface area is 256 Å². The monoisotopic (exact) mass is 634 g/mol. The number of benzene rings is 1. The van der Waals surface area contributed by atoms with Gasteiger partial charge in [0.25, 0.3) is 10.1 Å². The fourth-order valence-corrected chi connectivity index (χ4v) is 6.28. The van der Waals surface area contributed by atoms with E-state index in [1.54, 1.807) is 19.3 Å². The maximum absolute atomic E-state index is 11.3. The molecule has 0 amide bonds. The third-order valence-corrected chi connectivity index (χ3v) is 12.9. The first-order valence-corrected chi connectivity index (χ1v) is 19.6. The summed E-state index contributed by atoms with van der Waals surface area (Å²) in [7, 11) is -5.55. The molecule has 238 valence electrons. The molecule has 13 heteroatoms. The van der Waals surface area contributed by atoms with Crippen LogP contribution in [0.4, 0.5) is 0 Å². The maximum Gasteiger partial charge on any atom is 0.264 e. The second-order valence-corrected chi connectivity index (χ2v) is 19.1. The van der Waals surface area contributed by atoms with Gasteiger partial charge in [-0.05, 0) is 75.9 Å². The number of hydrogen-bond donors (Lipinski definition) is 0. The molecule has 3 unspecified atom stereocenters. The third-order valence-electron chi connectivity index (χ3n) is 7.82. The second kappa shape index (κ2) is 13.6. The molecule has 0 saturated carbocycles. The Morgan fingerprint density at radius 1 is 1.14 bits per heavy atom. The van der Waals surface area contributed by atoms with Crippen LogP contribution in [0.25, 0.3) is 22.3 Å². The van der Waals surface area contributed by atoms with E-state index in [2.05, 4.69) is 51.0 Å². The van der Waals surface area contributed by atoms with Crippen LogP contribution in [0.15, 0.2) is 30.6 Å². The van der Waals surface area contributed by atoms with Crippen molar-refractivity contribution in [2.45, 2.75) is 96.9 Å². The van der Waals surface area contributed by atoms with Crippen molar-refractivity contribution in [1.82, 2.24) is 19.7 Å². The van der Waals surface area contributed by atoms with Crippen LogP contribution in [0.5, 0.6) is 11.6 Å². The van der Waals surface area contributed by atoms with E-state index in [4.69, 9.17) is 32.9 Å². The highest BCUT2D eigenvalue weighted by molar-refractivity contribution is 7.86. The normalized spacial score (nSPS) is 18.0. The number of fused-ring (bicyclic) bond motifs is 1. The van der Waals surface area contributed by atoms with E-state index < -0.39 is 24.5 Å². The molecule has 0 N–H and O–H groups in total. The fourth-order valence-electron chi connectivity index (χ4n) is 4.56. The van der Waals surface area contributed by atoms with Crippen LogP contribution in [-0.4, -0.2) is 74.8 Å². The van der Waals surface area contributed by atoms with Gasteiger partial charge in [0.2, 0.25) is 14.2 Å². The van der Waals surface area contributed by atoms with Gasteiger partial charge in [-0.1, -0.05) is 20.8 Å². The summed E-state index contributed by atoms with van der Waals surface area (Å²) in [5.41, 5.74) is 2.22. The van der Waals surface area contributed by atoms with Crippen LogP contribution < -0.4 is 9.16 Å². The van der Waals surface area contributed by atoms with Gasteiger partial charge < -0.3 is 18.6 Å². The van der Waals surface area contributed by atoms with Crippen LogP contribution in [0.1, 0.15) is 66.5 Å². The highest BCUT2D eigenvalue weighted by Crippen LogP contribution is 2.39. The Bertz CT molecular complexity index is 1480. The highest BCUT2D eigenvalue weighted by Gasteiger charge is 2.39. The minimum atomic E-state index is -3.49. The van der Waals surface area contributed by atoms with E-state index in [0.717, 1.165) is 42.2 Å². The van der Waals surface area contributed by atoms with Crippen LogP contribution in [0, 0.1) is 0 Å². The SMILES string of the molecule is CC(COCCC(C)OS(C)(=O)=O)Oc1cncc(-c2nn(C3CCCCO3)c3ccc(O[Si](C)(C)C(C)(C)C)cc23)n1. The molecule has 43 heavy (non-hydrogen) atoms. The molecule has 1 aliphatic rings. The summed E-state index contributed by atoms with van der Waals surface area (Å²) < 4.78 is 53.9. The molecular weight excluding hydrogens is 589 g/mol. The molecule has 11 nitrogen and oxygen atoms in total. The van der Waals surface area contributed by atoms with Crippen molar-refractivity contribution in [3.05, 3.63) is 30.6 Å². The molecule has 3 aromatic rings. The average molecular weight is 635 g/mol. The lowest BCUT2D eigenvalue weighted by atomic mass is 10.1. The fraction of sp³-hybridized carbons (Fsp3) is 0.633. The minimum Gasteiger partial charge on any atom is -0.543 e. The molecule has 1 aliphatic heterocycles. The first-order chi connectivity index (χ1) is 20.1. The summed E-state index contributed by atoms with van der Waals surface area (Å²) in [5, 5.41) is 5.98. The van der Waals surface area contributed by atoms with Gasteiger partial charge in [-0.2, -0.15) is 13.5 Å². The number of aromatic nitrogens is 4. The third kappa shape index (κ3) is 8.97. The molecule has 4 rings (SSSR count). The first-order valence-electron chi connectivity index (χ1n) is 14.9. The van der Waals surface area contributed by atoms with Crippen molar-refractivity contribution in [2.24, 2.45) is 0 Å². The van der Waals surface area contributed by atoms with Crippen molar-refractivity contribution in [1.29, 1.82) is 0 Å². The lowest BCUT2D eigenvalue weighted by Crippen LogP contribution is -2.43. The summed E-state index contributed by atoms with van der Waals surface area (Å²) in [4.78, 5) is 9.16. The largest absolute Gasteiger partial charge is 0.543 e. The van der Waals surface area contributed by atoms with Crippen LogP contribution in [-0.2, 0) is 23.8 Å². The Kier molecular flexibility index (Phi) is 10.5. The topological polar surface area (TPSA) is 124 Å². The lowest BCUT2D eigenvalue weighted by Gasteiger charge is -2.36. The summed E-state index contributed by atoms with van der Waals surface area (Å²) >= 11 is 0. The zero-order valence-electron chi connectivity index (χ0n) is 26.6. The molecule has 3 atom stereocenters. The van der Waals surface area contributed by atoms with E-state index in [9.17, 15) is 8.42 Å². The minimum absolute atomic E-state index is 0.0602. The molecule has 1 fully saturated rings. The van der Waals surface area contributed by atoms with Crippen molar-refractivity contribution >= 4 is 29.3 Å². The smallest absolute Gasteiger partial charge is 0.264 e. The summed E-state index contributed by atoms with van der Waals surface area (Å²) in [5.74, 6) is 1.17. The van der Waals surface area contributed by atoms with Crippen molar-refractivity contribution in [3.8, 4) is 23.0 Å². The lowest BCUT2D eigenvalue weighted by molar-refractivity contribution is -0.0365. The molecule has 0 spiro atoms. The standard InChI is InChI=1S/C30H46N4O7SSi/c1-21(40-42(6,35)36)14-16-37-20-22(2)39-27-19-31-18-25(32-27)29-24-17-23(41-43(7,8)30(3,4)5)12-13-26(24)34(33-29)28-11-9-10-15-38-28/h12-13,17-19,21-22,28H,9-11,14-16,20H2,1-8H3. The summed E-state index contributed by atoms with van der Waals surface area (Å²) in [6.45, 7) is 16.1. The predicted octanol–water partition coefficient (Wildman–Crippen LogP) is 6.12. The number of nitrogens with zero attached hydrogens (tertiary/aromatic N) is 4. The first kappa shape index (κ1) is 33.3. The van der Waals surface area contributed by atoms with Crippen molar-refractivity contribution in [3.63, 3.8) is 0 Å². The van der Waals surface area contributed by atoms with Crippen LogP contribution in [0.3, 0.4) is 0 Å². The van der Waals surface area contributed by atoms with Crippen LogP contribution in [0.2, 0.25) is 18.1 Å². The van der Waals surface area contributed by atoms with E-state index in [1.807, 2.05) is 17.7 Å². The van der Waals surface area contributed by atoms with Gasteiger partial charge in [0, 0.05) is 18.6 Å². The van der Waals surface area contributed by atoms with E-state index in [1.165, 1.54) is 0 Å². The zero-order chi connectivity index (χ0) is 31.4. The summed E-state index contributed by atoms with van der Waals surface area (Å²) in [6.07, 6.45) is 6.83. The Hall–Kier alpha value is -2.58. The second-order valence-electron chi connectivity index (χ2n) is 12.8. The van der Waals surface area contributed by atoms with Gasteiger partial charge in [0.15, 0.2) is 6.23 Å². The van der Waals surface area contributed by atoms with Gasteiger partial charge in [-0.3, -0.25) is 9.17 Å². The van der Waals surface area contributed by atoms with Gasteiger partial charge in [-0.15, -0.1) is 0 Å². The molecular formula is C30H46N4O7SSi. The van der Waals surface area contributed by atoms with Gasteiger partial charge in [0.1, 0.15) is 23.2 Å². The number of rotatable bonds is 13. The maximum atomic E-state index is 11.3. The highest BCUT2D eigenvalue weighted by atomic mass is 32.2. The Balaban J connectivity index is 1.54. The molecule has 0 bridgehead atoms. The van der Waals surface area contributed by atoms with Crippen molar-refractivity contribution < 1.29 is 31.2 Å². The quantitative estimate of drug-likeness (QED) is 0.123.